The Kier molecular flexibility index (Phi) is 6.21. The lowest BCUT2D eigenvalue weighted by Crippen LogP contribution is -1.97. The third-order valence-electron chi connectivity index (χ3n) is 2.12. The van der Waals surface area contributed by atoms with E-state index in [9.17, 15) is 5.11 Å². The zero-order valence-corrected chi connectivity index (χ0v) is 9.50. The number of unbranched alkanes of at least 4 members (excludes halogenated alkanes) is 3. The molecule has 0 saturated heterocycles. The van der Waals surface area contributed by atoms with Gasteiger partial charge >= 0.3 is 0 Å². The van der Waals surface area contributed by atoms with Gasteiger partial charge in [0.05, 0.1) is 13.2 Å². The largest absolute Gasteiger partial charge is 0.494 e. The number of hydrogen-bond acceptors (Lipinski definition) is 1. The minimum Gasteiger partial charge on any atom is -0.494 e. The Morgan fingerprint density at radius 2 is 1.67 bits per heavy atom. The van der Waals surface area contributed by atoms with Crippen molar-refractivity contribution in [2.75, 3.05) is 13.2 Å². The van der Waals surface area contributed by atoms with Crippen LogP contribution in [0.2, 0.25) is 5.02 Å². The highest BCUT2D eigenvalue weighted by molar-refractivity contribution is 6.30. The van der Waals surface area contributed by atoms with E-state index in [1.54, 1.807) is 0 Å². The fraction of sp³-hybridized carbons (Fsp3) is 0.500. The maximum absolute atomic E-state index is 10.2. The van der Waals surface area contributed by atoms with Crippen LogP contribution in [0.3, 0.4) is 0 Å². The van der Waals surface area contributed by atoms with E-state index >= 15 is 0 Å². The first kappa shape index (κ1) is 12.3. The molecule has 0 heterocycles. The predicted molar refractivity (Wildman–Crippen MR) is 61.0 cm³/mol. The molecule has 0 N–H and O–H groups in total. The van der Waals surface area contributed by atoms with E-state index in [4.69, 9.17) is 16.3 Å². The Hall–Kier alpha value is -0.730. The van der Waals surface area contributed by atoms with E-state index in [0.717, 1.165) is 36.5 Å². The Balaban J connectivity index is 2.07. The average molecular weight is 228 g/mol. The first-order valence-corrected chi connectivity index (χ1v) is 5.67. The van der Waals surface area contributed by atoms with Crippen molar-refractivity contribution in [3.8, 4) is 5.75 Å². The van der Waals surface area contributed by atoms with Gasteiger partial charge in [-0.25, -0.2) is 5.11 Å². The van der Waals surface area contributed by atoms with Crippen LogP contribution < -0.4 is 4.74 Å². The number of ether oxygens (including phenoxy) is 1. The number of benzene rings is 1. The van der Waals surface area contributed by atoms with Gasteiger partial charge in [0.15, 0.2) is 0 Å². The molecule has 1 rings (SSSR count). The first-order chi connectivity index (χ1) is 7.33. The number of halogens is 1. The Morgan fingerprint density at radius 1 is 1.00 bits per heavy atom. The molecule has 83 valence electrons. The highest BCUT2D eigenvalue weighted by Crippen LogP contribution is 2.15. The Labute approximate surface area is 95.8 Å². The molecule has 0 aliphatic carbocycles. The summed E-state index contributed by atoms with van der Waals surface area (Å²) in [5.74, 6) is 0.850. The van der Waals surface area contributed by atoms with Gasteiger partial charge in [-0.2, -0.15) is 0 Å². The van der Waals surface area contributed by atoms with Crippen LogP contribution in [0, 0.1) is 0 Å². The van der Waals surface area contributed by atoms with E-state index in [1.807, 2.05) is 24.3 Å². The predicted octanol–water partition coefficient (Wildman–Crippen LogP) is 3.71. The molecular formula is C12H16ClO2. The third-order valence-corrected chi connectivity index (χ3v) is 2.37. The van der Waals surface area contributed by atoms with Crippen molar-refractivity contribution in [3.63, 3.8) is 0 Å². The van der Waals surface area contributed by atoms with Crippen LogP contribution in [0.5, 0.6) is 5.75 Å². The molecule has 1 aromatic carbocycles. The van der Waals surface area contributed by atoms with E-state index in [-0.39, 0.29) is 6.61 Å². The minimum absolute atomic E-state index is 0.0397. The van der Waals surface area contributed by atoms with Gasteiger partial charge in [-0.05, 0) is 43.5 Å². The summed E-state index contributed by atoms with van der Waals surface area (Å²) in [5.41, 5.74) is 0. The summed E-state index contributed by atoms with van der Waals surface area (Å²) in [6.45, 7) is 0.749. The van der Waals surface area contributed by atoms with Gasteiger partial charge in [-0.15, -0.1) is 0 Å². The molecule has 2 nitrogen and oxygen atoms in total. The fourth-order valence-corrected chi connectivity index (χ4v) is 1.40. The molecule has 0 aromatic heterocycles. The maximum Gasteiger partial charge on any atom is 0.119 e. The second-order valence-electron chi connectivity index (χ2n) is 3.42. The van der Waals surface area contributed by atoms with Gasteiger partial charge in [-0.3, -0.25) is 0 Å². The molecule has 15 heavy (non-hydrogen) atoms. The van der Waals surface area contributed by atoms with Crippen molar-refractivity contribution in [1.29, 1.82) is 0 Å². The molecule has 0 saturated carbocycles. The second kappa shape index (κ2) is 7.55. The van der Waals surface area contributed by atoms with Crippen molar-refractivity contribution in [3.05, 3.63) is 29.3 Å². The molecule has 3 heteroatoms. The zero-order chi connectivity index (χ0) is 10.9. The Bertz CT molecular complexity index is 259. The summed E-state index contributed by atoms with van der Waals surface area (Å²) in [7, 11) is 0. The molecule has 0 aliphatic rings. The van der Waals surface area contributed by atoms with Gasteiger partial charge in [0, 0.05) is 5.02 Å². The molecule has 0 aliphatic heterocycles. The lowest BCUT2D eigenvalue weighted by atomic mass is 10.2. The molecule has 0 fully saturated rings. The van der Waals surface area contributed by atoms with E-state index in [1.165, 1.54) is 0 Å². The molecule has 0 spiro atoms. The van der Waals surface area contributed by atoms with Gasteiger partial charge < -0.3 is 4.74 Å². The van der Waals surface area contributed by atoms with Crippen molar-refractivity contribution in [1.82, 2.24) is 0 Å². The van der Waals surface area contributed by atoms with Crippen LogP contribution >= 0.6 is 11.6 Å². The lowest BCUT2D eigenvalue weighted by molar-refractivity contribution is 0.185. The zero-order valence-electron chi connectivity index (χ0n) is 8.75. The molecule has 1 aromatic rings. The van der Waals surface area contributed by atoms with Crippen molar-refractivity contribution < 1.29 is 9.84 Å². The van der Waals surface area contributed by atoms with Gasteiger partial charge in [0.1, 0.15) is 5.75 Å². The van der Waals surface area contributed by atoms with Crippen LogP contribution in [0.15, 0.2) is 24.3 Å². The van der Waals surface area contributed by atoms with E-state index in [2.05, 4.69) is 0 Å². The third kappa shape index (κ3) is 5.65. The SMILES string of the molecule is [O]CCCCCCOc1ccc(Cl)cc1. The first-order valence-electron chi connectivity index (χ1n) is 5.29. The molecular weight excluding hydrogens is 212 g/mol. The highest BCUT2D eigenvalue weighted by Gasteiger charge is 1.94. The lowest BCUT2D eigenvalue weighted by Gasteiger charge is -2.05. The van der Waals surface area contributed by atoms with Gasteiger partial charge in [0.2, 0.25) is 0 Å². The second-order valence-corrected chi connectivity index (χ2v) is 3.86. The van der Waals surface area contributed by atoms with Crippen LogP contribution in [0.25, 0.3) is 0 Å². The van der Waals surface area contributed by atoms with Crippen molar-refractivity contribution in [2.45, 2.75) is 25.7 Å². The minimum atomic E-state index is 0.0397. The Morgan fingerprint density at radius 3 is 2.33 bits per heavy atom. The molecule has 0 atom stereocenters. The maximum atomic E-state index is 10.2. The monoisotopic (exact) mass is 227 g/mol. The topological polar surface area (TPSA) is 29.1 Å². The van der Waals surface area contributed by atoms with Gasteiger partial charge in [0.25, 0.3) is 0 Å². The van der Waals surface area contributed by atoms with Crippen LogP contribution in [0.1, 0.15) is 25.7 Å². The van der Waals surface area contributed by atoms with Crippen LogP contribution in [-0.2, 0) is 5.11 Å². The molecule has 1 radical (unpaired) electrons. The summed E-state index contributed by atoms with van der Waals surface area (Å²) < 4.78 is 5.50. The summed E-state index contributed by atoms with van der Waals surface area (Å²) in [5, 5.41) is 10.9. The average Bonchev–Trinajstić information content (AvgIpc) is 2.26. The highest BCUT2D eigenvalue weighted by atomic mass is 35.5. The smallest absolute Gasteiger partial charge is 0.119 e. The fourth-order valence-electron chi connectivity index (χ4n) is 1.28. The summed E-state index contributed by atoms with van der Waals surface area (Å²) >= 11 is 5.75. The number of hydrogen-bond donors (Lipinski definition) is 0. The summed E-state index contributed by atoms with van der Waals surface area (Å²) in [6, 6.07) is 7.35. The molecule has 0 amide bonds. The standard InChI is InChI=1S/C12H16ClO2/c13-11-5-7-12(8-6-11)15-10-4-2-1-3-9-14/h5-8H,1-4,9-10H2. The summed E-state index contributed by atoms with van der Waals surface area (Å²) in [4.78, 5) is 0. The molecule has 0 unspecified atom stereocenters. The van der Waals surface area contributed by atoms with Crippen molar-refractivity contribution >= 4 is 11.6 Å². The summed E-state index contributed by atoms with van der Waals surface area (Å²) in [6.07, 6.45) is 3.85. The molecule has 0 bridgehead atoms. The number of rotatable bonds is 7. The quantitative estimate of drug-likeness (QED) is 0.653. The van der Waals surface area contributed by atoms with Crippen LogP contribution in [0.4, 0.5) is 0 Å². The normalized spacial score (nSPS) is 10.3. The van der Waals surface area contributed by atoms with E-state index in [0.29, 0.717) is 6.61 Å². The van der Waals surface area contributed by atoms with Crippen LogP contribution in [-0.4, -0.2) is 13.2 Å². The van der Waals surface area contributed by atoms with E-state index < -0.39 is 0 Å². The van der Waals surface area contributed by atoms with Crippen molar-refractivity contribution in [2.24, 2.45) is 0 Å². The van der Waals surface area contributed by atoms with Gasteiger partial charge in [-0.1, -0.05) is 18.0 Å².